The van der Waals surface area contributed by atoms with Crippen LogP contribution in [0.2, 0.25) is 0 Å². The number of esters is 2. The van der Waals surface area contributed by atoms with Crippen molar-refractivity contribution in [2.75, 3.05) is 14.2 Å². The maximum absolute atomic E-state index is 12.3. The summed E-state index contributed by atoms with van der Waals surface area (Å²) >= 11 is 0. The number of carbonyl (C=O) groups is 2. The normalized spacial score (nSPS) is 24.1. The van der Waals surface area contributed by atoms with Crippen LogP contribution in [-0.2, 0) is 19.1 Å². The second kappa shape index (κ2) is 5.19. The van der Waals surface area contributed by atoms with Gasteiger partial charge in [0, 0.05) is 5.92 Å². The van der Waals surface area contributed by atoms with Crippen molar-refractivity contribution in [1.82, 2.24) is 0 Å². The fourth-order valence-corrected chi connectivity index (χ4v) is 3.39. The molecule has 4 nitrogen and oxygen atoms in total. The molecule has 104 valence electrons. The number of allylic oxidation sites excluding steroid dienone is 4. The van der Waals surface area contributed by atoms with Crippen molar-refractivity contribution >= 4 is 11.9 Å². The maximum atomic E-state index is 12.3. The van der Waals surface area contributed by atoms with Gasteiger partial charge in [-0.05, 0) is 31.3 Å². The summed E-state index contributed by atoms with van der Waals surface area (Å²) in [7, 11) is 2.66. The quantitative estimate of drug-likeness (QED) is 0.580. The van der Waals surface area contributed by atoms with E-state index < -0.39 is 17.4 Å². The second-order valence-electron chi connectivity index (χ2n) is 5.08. The molecule has 1 unspecified atom stereocenters. The van der Waals surface area contributed by atoms with Gasteiger partial charge >= 0.3 is 11.9 Å². The predicted molar refractivity (Wildman–Crippen MR) is 70.3 cm³/mol. The van der Waals surface area contributed by atoms with Crippen molar-refractivity contribution in [3.63, 3.8) is 0 Å². The third kappa shape index (κ3) is 1.90. The minimum absolute atomic E-state index is 0.104. The van der Waals surface area contributed by atoms with Gasteiger partial charge in [0.05, 0.1) is 14.2 Å². The molecule has 0 heterocycles. The molecule has 4 heteroatoms. The zero-order valence-corrected chi connectivity index (χ0v) is 11.7. The topological polar surface area (TPSA) is 52.6 Å². The Hall–Kier alpha value is -1.58. The van der Waals surface area contributed by atoms with E-state index in [1.807, 2.05) is 6.92 Å². The van der Waals surface area contributed by atoms with Crippen molar-refractivity contribution in [2.24, 2.45) is 11.3 Å². The minimum Gasteiger partial charge on any atom is -0.468 e. The van der Waals surface area contributed by atoms with Crippen LogP contribution < -0.4 is 0 Å². The highest BCUT2D eigenvalue weighted by atomic mass is 16.5. The summed E-state index contributed by atoms with van der Waals surface area (Å²) in [5, 5.41) is 0. The molecule has 2 rings (SSSR count). The molecule has 0 N–H and O–H groups in total. The van der Waals surface area contributed by atoms with Crippen LogP contribution in [0.5, 0.6) is 0 Å². The molecule has 0 aliphatic heterocycles. The zero-order valence-electron chi connectivity index (χ0n) is 11.7. The molecule has 1 atom stereocenters. The molecule has 0 aromatic carbocycles. The van der Waals surface area contributed by atoms with Gasteiger partial charge in [-0.25, -0.2) is 0 Å². The highest BCUT2D eigenvalue weighted by Gasteiger charge is 2.59. The lowest BCUT2D eigenvalue weighted by Crippen LogP contribution is -2.45. The van der Waals surface area contributed by atoms with Crippen molar-refractivity contribution in [3.05, 3.63) is 23.3 Å². The Morgan fingerprint density at radius 1 is 1.32 bits per heavy atom. The Morgan fingerprint density at radius 2 is 1.95 bits per heavy atom. The Morgan fingerprint density at radius 3 is 2.47 bits per heavy atom. The zero-order chi connectivity index (χ0) is 14.0. The van der Waals surface area contributed by atoms with Crippen LogP contribution in [0, 0.1) is 11.3 Å². The van der Waals surface area contributed by atoms with Crippen LogP contribution in [0.3, 0.4) is 0 Å². The van der Waals surface area contributed by atoms with Crippen LogP contribution in [0.15, 0.2) is 23.3 Å². The van der Waals surface area contributed by atoms with Gasteiger partial charge in [0.1, 0.15) is 0 Å². The van der Waals surface area contributed by atoms with E-state index in [4.69, 9.17) is 9.47 Å². The fraction of sp³-hybridized carbons (Fsp3) is 0.600. The van der Waals surface area contributed by atoms with Gasteiger partial charge in [-0.3, -0.25) is 9.59 Å². The summed E-state index contributed by atoms with van der Waals surface area (Å²) in [6.07, 6.45) is 7.09. The average molecular weight is 264 g/mol. The van der Waals surface area contributed by atoms with Gasteiger partial charge in [0.25, 0.3) is 0 Å². The first kappa shape index (κ1) is 13.8. The van der Waals surface area contributed by atoms with E-state index in [9.17, 15) is 9.59 Å². The van der Waals surface area contributed by atoms with Crippen molar-refractivity contribution in [1.29, 1.82) is 0 Å². The van der Waals surface area contributed by atoms with E-state index in [1.54, 1.807) is 0 Å². The number of hydrogen-bond acceptors (Lipinski definition) is 4. The highest BCUT2D eigenvalue weighted by Crippen LogP contribution is 2.53. The Balaban J connectivity index is 2.51. The van der Waals surface area contributed by atoms with Crippen molar-refractivity contribution in [3.8, 4) is 0 Å². The maximum Gasteiger partial charge on any atom is 0.324 e. The largest absolute Gasteiger partial charge is 0.468 e. The van der Waals surface area contributed by atoms with Crippen LogP contribution in [0.1, 0.15) is 32.6 Å². The number of fused-ring (bicyclic) bond motifs is 1. The number of rotatable bonds is 3. The van der Waals surface area contributed by atoms with E-state index >= 15 is 0 Å². The Labute approximate surface area is 113 Å². The van der Waals surface area contributed by atoms with E-state index in [0.29, 0.717) is 6.42 Å². The first-order valence-corrected chi connectivity index (χ1v) is 6.67. The third-order valence-corrected chi connectivity index (χ3v) is 4.32. The highest BCUT2D eigenvalue weighted by molar-refractivity contribution is 6.02. The molecule has 0 aromatic heterocycles. The van der Waals surface area contributed by atoms with Gasteiger partial charge < -0.3 is 9.47 Å². The van der Waals surface area contributed by atoms with E-state index in [0.717, 1.165) is 30.4 Å². The number of ether oxygens (including phenoxy) is 2. The fourth-order valence-electron chi connectivity index (χ4n) is 3.39. The number of methoxy groups -OCH3 is 2. The first-order chi connectivity index (χ1) is 9.11. The molecule has 2 aliphatic carbocycles. The molecular weight excluding hydrogens is 244 g/mol. The molecule has 0 amide bonds. The third-order valence-electron chi connectivity index (χ3n) is 4.32. The summed E-state index contributed by atoms with van der Waals surface area (Å²) in [6.45, 7) is 2.05. The molecule has 0 fully saturated rings. The van der Waals surface area contributed by atoms with Gasteiger partial charge in [-0.1, -0.05) is 24.6 Å². The molecule has 0 bridgehead atoms. The van der Waals surface area contributed by atoms with Gasteiger partial charge in [-0.2, -0.15) is 0 Å². The molecule has 2 aliphatic rings. The van der Waals surface area contributed by atoms with E-state index in [-0.39, 0.29) is 5.92 Å². The van der Waals surface area contributed by atoms with Crippen LogP contribution in [0.25, 0.3) is 0 Å². The summed E-state index contributed by atoms with van der Waals surface area (Å²) in [5.41, 5.74) is 1.12. The Kier molecular flexibility index (Phi) is 3.78. The second-order valence-corrected chi connectivity index (χ2v) is 5.08. The van der Waals surface area contributed by atoms with Crippen molar-refractivity contribution < 1.29 is 19.1 Å². The molecule has 0 radical (unpaired) electrons. The summed E-state index contributed by atoms with van der Waals surface area (Å²) in [4.78, 5) is 24.6. The molecule has 0 spiro atoms. The Bertz CT molecular complexity index is 443. The van der Waals surface area contributed by atoms with Gasteiger partial charge in [-0.15, -0.1) is 0 Å². The summed E-state index contributed by atoms with van der Waals surface area (Å²) in [5.74, 6) is -1.05. The van der Waals surface area contributed by atoms with E-state index in [1.165, 1.54) is 14.2 Å². The predicted octanol–water partition coefficient (Wildman–Crippen LogP) is 2.40. The summed E-state index contributed by atoms with van der Waals surface area (Å²) < 4.78 is 9.82. The molecule has 0 aromatic rings. The first-order valence-electron chi connectivity index (χ1n) is 6.67. The molecule has 0 saturated carbocycles. The lowest BCUT2D eigenvalue weighted by atomic mass is 9.71. The lowest BCUT2D eigenvalue weighted by molar-refractivity contribution is -0.172. The van der Waals surface area contributed by atoms with E-state index in [2.05, 4.69) is 12.2 Å². The molecule has 0 saturated heterocycles. The SMILES string of the molecule is CCC1=C2C=CCCC2C(C(=O)OC)(C(=O)OC)C1. The smallest absolute Gasteiger partial charge is 0.324 e. The van der Waals surface area contributed by atoms with Gasteiger partial charge in [0.15, 0.2) is 5.41 Å². The molecular formula is C15H20O4. The van der Waals surface area contributed by atoms with Crippen LogP contribution in [0.4, 0.5) is 0 Å². The van der Waals surface area contributed by atoms with Crippen LogP contribution >= 0.6 is 0 Å². The minimum atomic E-state index is -1.17. The lowest BCUT2D eigenvalue weighted by Gasteiger charge is -2.32. The number of hydrogen-bond donors (Lipinski definition) is 0. The standard InChI is InChI=1S/C15H20O4/c1-4-10-9-15(13(16)18-2,14(17)19-3)12-8-6-5-7-11(10)12/h5,7,12H,4,6,8-9H2,1-3H3. The summed E-state index contributed by atoms with van der Waals surface area (Å²) in [6, 6.07) is 0. The number of carbonyl (C=O) groups excluding carboxylic acids is 2. The monoisotopic (exact) mass is 264 g/mol. The average Bonchev–Trinajstić information content (AvgIpc) is 2.81. The van der Waals surface area contributed by atoms with Gasteiger partial charge in [0.2, 0.25) is 0 Å². The molecule has 19 heavy (non-hydrogen) atoms. The van der Waals surface area contributed by atoms with Crippen LogP contribution in [-0.4, -0.2) is 26.2 Å². The van der Waals surface area contributed by atoms with Crippen molar-refractivity contribution in [2.45, 2.75) is 32.6 Å².